The number of nitrogens with zero attached hydrogens (tertiary/aromatic N) is 1. The molecule has 0 spiro atoms. The molecule has 5 N–H and O–H groups in total. The standard InChI is InChI=1S/C45H86N4O7/c1-5-9-13-16-19-24-31-39(30-23-15-11-7-3)43(52)54-35-25-20-17-18-21-26-36-56-44(53)40(33-34-48-45(46)47)49-41(50)32-27-37-55-42(51)38(28-12-8-4)29-22-14-10-6-2/h38-40H,5-37H2,1-4H3,(H,49,50)(H4,46,47,48)/t38?,39?,40-/m0/s1. The molecule has 0 aliphatic carbocycles. The molecule has 0 radical (unpaired) electrons. The van der Waals surface area contributed by atoms with Gasteiger partial charge in [-0.1, -0.05) is 156 Å². The second-order valence-electron chi connectivity index (χ2n) is 15.7. The molecule has 0 aromatic rings. The van der Waals surface area contributed by atoms with E-state index in [1.807, 2.05) is 0 Å². The Morgan fingerprint density at radius 1 is 0.464 bits per heavy atom. The topological polar surface area (TPSA) is 172 Å². The number of nitrogens with one attached hydrogen (secondary N) is 1. The van der Waals surface area contributed by atoms with Crippen LogP contribution in [0.25, 0.3) is 0 Å². The summed E-state index contributed by atoms with van der Waals surface area (Å²) in [6, 6.07) is -0.876. The van der Waals surface area contributed by atoms with Crippen molar-refractivity contribution >= 4 is 29.8 Å². The maximum Gasteiger partial charge on any atom is 0.328 e. The summed E-state index contributed by atoms with van der Waals surface area (Å²) in [7, 11) is 0. The normalized spacial score (nSPS) is 12.7. The number of carbonyl (C=O) groups is 4. The van der Waals surface area contributed by atoms with Crippen LogP contribution in [-0.2, 0) is 33.4 Å². The van der Waals surface area contributed by atoms with Gasteiger partial charge in [-0.3, -0.25) is 19.4 Å². The lowest BCUT2D eigenvalue weighted by Crippen LogP contribution is -2.42. The monoisotopic (exact) mass is 795 g/mol. The average molecular weight is 795 g/mol. The number of amides is 1. The van der Waals surface area contributed by atoms with Crippen LogP contribution in [0.3, 0.4) is 0 Å². The van der Waals surface area contributed by atoms with Gasteiger partial charge in [0.05, 0.1) is 31.7 Å². The van der Waals surface area contributed by atoms with Crippen LogP contribution in [0.5, 0.6) is 0 Å². The fraction of sp³-hybridized carbons (Fsp3) is 0.889. The number of hydrogen-bond donors (Lipinski definition) is 3. The molecule has 0 aliphatic heterocycles. The van der Waals surface area contributed by atoms with Crippen LogP contribution in [0.2, 0.25) is 0 Å². The highest BCUT2D eigenvalue weighted by atomic mass is 16.5. The van der Waals surface area contributed by atoms with E-state index in [0.29, 0.717) is 13.0 Å². The molecule has 56 heavy (non-hydrogen) atoms. The van der Waals surface area contributed by atoms with Crippen LogP contribution in [0.15, 0.2) is 4.99 Å². The molecule has 0 heterocycles. The van der Waals surface area contributed by atoms with Crippen LogP contribution in [0.4, 0.5) is 0 Å². The Labute approximate surface area is 342 Å². The predicted octanol–water partition coefficient (Wildman–Crippen LogP) is 10.00. The van der Waals surface area contributed by atoms with Gasteiger partial charge in [0.1, 0.15) is 6.04 Å². The molecule has 11 heteroatoms. The molecular weight excluding hydrogens is 709 g/mol. The lowest BCUT2D eigenvalue weighted by atomic mass is 9.94. The average Bonchev–Trinajstić information content (AvgIpc) is 3.18. The smallest absolute Gasteiger partial charge is 0.328 e. The quantitative estimate of drug-likeness (QED) is 0.0179. The minimum atomic E-state index is -0.876. The summed E-state index contributed by atoms with van der Waals surface area (Å²) in [5.41, 5.74) is 10.9. The number of ether oxygens (including phenoxy) is 3. The van der Waals surface area contributed by atoms with E-state index in [9.17, 15) is 19.2 Å². The van der Waals surface area contributed by atoms with Gasteiger partial charge in [-0.05, 0) is 51.4 Å². The van der Waals surface area contributed by atoms with Gasteiger partial charge < -0.3 is 31.0 Å². The van der Waals surface area contributed by atoms with Crippen molar-refractivity contribution in [3.05, 3.63) is 0 Å². The first-order chi connectivity index (χ1) is 27.2. The summed E-state index contributed by atoms with van der Waals surface area (Å²) in [4.78, 5) is 55.2. The molecule has 0 saturated heterocycles. The number of carbonyl (C=O) groups excluding carboxylic acids is 4. The third-order valence-corrected chi connectivity index (χ3v) is 10.4. The van der Waals surface area contributed by atoms with Crippen molar-refractivity contribution in [2.45, 2.75) is 220 Å². The Hall–Kier alpha value is -2.85. The van der Waals surface area contributed by atoms with Gasteiger partial charge in [0.2, 0.25) is 5.91 Å². The van der Waals surface area contributed by atoms with Crippen molar-refractivity contribution in [3.63, 3.8) is 0 Å². The highest BCUT2D eigenvalue weighted by Crippen LogP contribution is 2.21. The predicted molar refractivity (Wildman–Crippen MR) is 229 cm³/mol. The first-order valence-electron chi connectivity index (χ1n) is 23.0. The second-order valence-corrected chi connectivity index (χ2v) is 15.7. The summed E-state index contributed by atoms with van der Waals surface area (Å²) in [6.07, 6.45) is 28.4. The molecule has 328 valence electrons. The SMILES string of the molecule is CCCCCCCCC(CCCCCC)C(=O)OCCCCCCCCOC(=O)[C@H](CCN=C(N)N)NC(=O)CCCOC(=O)C(CCCC)CCCCCC. The molecule has 0 fully saturated rings. The molecule has 0 aromatic heterocycles. The molecule has 3 atom stereocenters. The van der Waals surface area contributed by atoms with E-state index in [2.05, 4.69) is 38.0 Å². The van der Waals surface area contributed by atoms with E-state index in [1.165, 1.54) is 57.8 Å². The number of hydrogen-bond acceptors (Lipinski definition) is 8. The Kier molecular flexibility index (Phi) is 37.0. The zero-order chi connectivity index (χ0) is 41.5. The van der Waals surface area contributed by atoms with E-state index in [-0.39, 0.29) is 68.2 Å². The Morgan fingerprint density at radius 2 is 0.839 bits per heavy atom. The molecule has 0 aromatic carbocycles. The third kappa shape index (κ3) is 32.3. The van der Waals surface area contributed by atoms with Crippen LogP contribution >= 0.6 is 0 Å². The maximum absolute atomic E-state index is 12.9. The van der Waals surface area contributed by atoms with Crippen molar-refractivity contribution in [1.82, 2.24) is 5.32 Å². The van der Waals surface area contributed by atoms with Gasteiger partial charge >= 0.3 is 17.9 Å². The van der Waals surface area contributed by atoms with Crippen LogP contribution in [0, 0.1) is 11.8 Å². The molecule has 2 unspecified atom stereocenters. The minimum Gasteiger partial charge on any atom is -0.465 e. The largest absolute Gasteiger partial charge is 0.465 e. The summed E-state index contributed by atoms with van der Waals surface area (Å²) < 4.78 is 16.8. The minimum absolute atomic E-state index is 0.00942. The molecule has 0 rings (SSSR count). The molecule has 1 amide bonds. The Bertz CT molecular complexity index is 1000. The van der Waals surface area contributed by atoms with Gasteiger partial charge in [-0.25, -0.2) is 4.79 Å². The van der Waals surface area contributed by atoms with Gasteiger partial charge in [-0.15, -0.1) is 0 Å². The first kappa shape index (κ1) is 53.1. The van der Waals surface area contributed by atoms with Gasteiger partial charge in [0.25, 0.3) is 0 Å². The van der Waals surface area contributed by atoms with Gasteiger partial charge in [0, 0.05) is 13.0 Å². The summed E-state index contributed by atoms with van der Waals surface area (Å²) >= 11 is 0. The number of nitrogens with two attached hydrogens (primary N) is 2. The fourth-order valence-electron chi connectivity index (χ4n) is 6.85. The lowest BCUT2D eigenvalue weighted by molar-refractivity contribution is -0.150. The van der Waals surface area contributed by atoms with Crippen molar-refractivity contribution in [2.75, 3.05) is 26.4 Å². The number of guanidine groups is 1. The Balaban J connectivity index is 4.47. The lowest BCUT2D eigenvalue weighted by Gasteiger charge is -2.18. The highest BCUT2D eigenvalue weighted by Gasteiger charge is 2.23. The summed E-state index contributed by atoms with van der Waals surface area (Å²) in [6.45, 7) is 9.81. The van der Waals surface area contributed by atoms with Gasteiger partial charge in [0.15, 0.2) is 5.96 Å². The molecule has 0 bridgehead atoms. The molecule has 0 aliphatic rings. The third-order valence-electron chi connectivity index (χ3n) is 10.4. The van der Waals surface area contributed by atoms with Crippen molar-refractivity contribution in [3.8, 4) is 0 Å². The molecule has 11 nitrogen and oxygen atoms in total. The highest BCUT2D eigenvalue weighted by molar-refractivity contribution is 5.84. The summed E-state index contributed by atoms with van der Waals surface area (Å²) in [5, 5.41) is 2.76. The van der Waals surface area contributed by atoms with E-state index in [0.717, 1.165) is 109 Å². The van der Waals surface area contributed by atoms with E-state index in [4.69, 9.17) is 25.7 Å². The summed E-state index contributed by atoms with van der Waals surface area (Å²) in [5.74, 6) is -1.16. The van der Waals surface area contributed by atoms with E-state index < -0.39 is 12.0 Å². The van der Waals surface area contributed by atoms with Gasteiger partial charge in [-0.2, -0.15) is 0 Å². The van der Waals surface area contributed by atoms with E-state index in [1.54, 1.807) is 0 Å². The van der Waals surface area contributed by atoms with Crippen molar-refractivity contribution in [1.29, 1.82) is 0 Å². The number of aliphatic imine (C=N–C) groups is 1. The second kappa shape index (κ2) is 39.0. The number of esters is 3. The molecular formula is C45H86N4O7. The first-order valence-corrected chi connectivity index (χ1v) is 23.0. The number of unbranched alkanes of at least 4 members (excludes halogenated alkanes) is 17. The van der Waals surface area contributed by atoms with Crippen molar-refractivity contribution in [2.24, 2.45) is 28.3 Å². The Morgan fingerprint density at radius 3 is 1.30 bits per heavy atom. The zero-order valence-electron chi connectivity index (χ0n) is 36.5. The van der Waals surface area contributed by atoms with Crippen LogP contribution in [0.1, 0.15) is 214 Å². The zero-order valence-corrected chi connectivity index (χ0v) is 36.5. The number of rotatable bonds is 40. The molecule has 0 saturated carbocycles. The van der Waals surface area contributed by atoms with Crippen LogP contribution < -0.4 is 16.8 Å². The maximum atomic E-state index is 12.9. The van der Waals surface area contributed by atoms with Crippen LogP contribution in [-0.4, -0.2) is 62.2 Å². The van der Waals surface area contributed by atoms with Crippen molar-refractivity contribution < 1.29 is 33.4 Å². The van der Waals surface area contributed by atoms with E-state index >= 15 is 0 Å². The fourth-order valence-corrected chi connectivity index (χ4v) is 6.85.